The van der Waals surface area contributed by atoms with Gasteiger partial charge in [-0.05, 0) is 49.5 Å². The number of benzene rings is 2. The molecule has 1 N–H and O–H groups in total. The first kappa shape index (κ1) is 18.2. The molecule has 1 aromatic heterocycles. The lowest BCUT2D eigenvalue weighted by Gasteiger charge is -2.10. The van der Waals surface area contributed by atoms with Crippen molar-refractivity contribution in [3.05, 3.63) is 57.9 Å². The van der Waals surface area contributed by atoms with Gasteiger partial charge in [0.25, 0.3) is 4.84 Å². The summed E-state index contributed by atoms with van der Waals surface area (Å²) in [6, 6.07) is 12.6. The number of halogens is 1. The minimum Gasteiger partial charge on any atom is -0.495 e. The summed E-state index contributed by atoms with van der Waals surface area (Å²) in [5.41, 5.74) is 2.39. The summed E-state index contributed by atoms with van der Waals surface area (Å²) < 4.78 is 12.0. The molecule has 0 aliphatic heterocycles. The van der Waals surface area contributed by atoms with E-state index in [-0.39, 0.29) is 17.3 Å². The number of hydrogen-bond donors (Lipinski definition) is 1. The van der Waals surface area contributed by atoms with Crippen molar-refractivity contribution in [2.45, 2.75) is 13.5 Å². The molecule has 3 rings (SSSR count). The Kier molecular flexibility index (Phi) is 5.39. The van der Waals surface area contributed by atoms with E-state index in [1.807, 2.05) is 31.2 Å². The predicted molar refractivity (Wildman–Crippen MR) is 102 cm³/mol. The highest BCUT2D eigenvalue weighted by atomic mass is 35.5. The van der Waals surface area contributed by atoms with Crippen LogP contribution in [0.1, 0.15) is 5.56 Å². The van der Waals surface area contributed by atoms with Crippen LogP contribution in [0.2, 0.25) is 5.02 Å². The van der Waals surface area contributed by atoms with Crippen LogP contribution in [0.3, 0.4) is 0 Å². The second-order valence-corrected chi connectivity index (χ2v) is 6.38. The Balaban J connectivity index is 1.77. The Labute approximate surface area is 160 Å². The third-order valence-electron chi connectivity index (χ3n) is 3.63. The number of hydrogen-bond acceptors (Lipinski definition) is 5. The molecule has 0 bridgehead atoms. The minimum absolute atomic E-state index is 0.0934. The van der Waals surface area contributed by atoms with E-state index in [0.717, 1.165) is 11.1 Å². The summed E-state index contributed by atoms with van der Waals surface area (Å²) in [6.07, 6.45) is 0. The van der Waals surface area contributed by atoms with Gasteiger partial charge in [0.15, 0.2) is 0 Å². The average Bonchev–Trinajstić information content (AvgIpc) is 2.96. The molecule has 2 aromatic carbocycles. The molecular formula is C18H16ClN3O3S. The van der Waals surface area contributed by atoms with Gasteiger partial charge in [0.2, 0.25) is 11.8 Å². The van der Waals surface area contributed by atoms with Crippen LogP contribution in [0.4, 0.5) is 5.69 Å². The van der Waals surface area contributed by atoms with E-state index >= 15 is 0 Å². The number of aryl methyl sites for hydroxylation is 1. The fourth-order valence-electron chi connectivity index (χ4n) is 2.32. The van der Waals surface area contributed by atoms with E-state index < -0.39 is 0 Å². The highest BCUT2D eigenvalue weighted by Gasteiger charge is 2.13. The maximum Gasteiger partial charge on any atom is 0.287 e. The number of rotatable bonds is 5. The van der Waals surface area contributed by atoms with Gasteiger partial charge in [-0.2, -0.15) is 0 Å². The topological polar surface area (TPSA) is 69.3 Å². The highest BCUT2D eigenvalue weighted by molar-refractivity contribution is 7.71. The first-order valence-corrected chi connectivity index (χ1v) is 8.53. The van der Waals surface area contributed by atoms with Gasteiger partial charge in [0, 0.05) is 10.6 Å². The van der Waals surface area contributed by atoms with Crippen molar-refractivity contribution in [1.29, 1.82) is 0 Å². The number of nitrogens with zero attached hydrogens (tertiary/aromatic N) is 2. The molecule has 0 fully saturated rings. The SMILES string of the molecule is COc1ccc(Cl)cc1NC(=O)Cn1nc(-c2ccc(C)cc2)oc1=S. The third kappa shape index (κ3) is 4.12. The molecule has 1 heterocycles. The van der Waals surface area contributed by atoms with Gasteiger partial charge in [0.1, 0.15) is 12.3 Å². The van der Waals surface area contributed by atoms with Gasteiger partial charge in [-0.15, -0.1) is 5.10 Å². The van der Waals surface area contributed by atoms with Gasteiger partial charge in [-0.25, -0.2) is 4.68 Å². The molecule has 0 atom stereocenters. The second kappa shape index (κ2) is 7.72. The van der Waals surface area contributed by atoms with Gasteiger partial charge in [-0.3, -0.25) is 4.79 Å². The maximum atomic E-state index is 12.3. The average molecular weight is 390 g/mol. The quantitative estimate of drug-likeness (QED) is 0.651. The van der Waals surface area contributed by atoms with Crippen LogP contribution in [0.5, 0.6) is 5.75 Å². The first-order valence-electron chi connectivity index (χ1n) is 7.74. The van der Waals surface area contributed by atoms with Crippen molar-refractivity contribution in [2.24, 2.45) is 0 Å². The minimum atomic E-state index is -0.328. The van der Waals surface area contributed by atoms with Gasteiger partial charge in [-0.1, -0.05) is 29.3 Å². The van der Waals surface area contributed by atoms with Gasteiger partial charge in [0.05, 0.1) is 12.8 Å². The Bertz CT molecular complexity index is 996. The number of nitrogens with one attached hydrogen (secondary N) is 1. The molecule has 0 saturated heterocycles. The summed E-state index contributed by atoms with van der Waals surface area (Å²) in [4.78, 5) is 12.5. The highest BCUT2D eigenvalue weighted by Crippen LogP contribution is 2.27. The Morgan fingerprint density at radius 3 is 2.73 bits per heavy atom. The molecule has 1 amide bonds. The summed E-state index contributed by atoms with van der Waals surface area (Å²) >= 11 is 11.1. The zero-order valence-electron chi connectivity index (χ0n) is 14.2. The number of ether oxygens (including phenoxy) is 1. The van der Waals surface area contributed by atoms with Crippen molar-refractivity contribution >= 4 is 35.4 Å². The lowest BCUT2D eigenvalue weighted by molar-refractivity contribution is -0.117. The van der Waals surface area contributed by atoms with Crippen LogP contribution in [0.15, 0.2) is 46.9 Å². The van der Waals surface area contributed by atoms with E-state index in [1.54, 1.807) is 18.2 Å². The maximum absolute atomic E-state index is 12.3. The predicted octanol–water partition coefficient (Wildman–Crippen LogP) is 4.48. The fraction of sp³-hybridized carbons (Fsp3) is 0.167. The summed E-state index contributed by atoms with van der Waals surface area (Å²) in [7, 11) is 1.51. The lowest BCUT2D eigenvalue weighted by atomic mass is 10.1. The van der Waals surface area contributed by atoms with Gasteiger partial charge < -0.3 is 14.5 Å². The third-order valence-corrected chi connectivity index (χ3v) is 4.16. The van der Waals surface area contributed by atoms with Crippen molar-refractivity contribution in [1.82, 2.24) is 9.78 Å². The summed E-state index contributed by atoms with van der Waals surface area (Å²) in [5.74, 6) is 0.542. The van der Waals surface area contributed by atoms with E-state index in [0.29, 0.717) is 22.4 Å². The molecule has 0 aliphatic rings. The number of carbonyl (C=O) groups is 1. The molecule has 0 unspecified atom stereocenters. The van der Waals surface area contributed by atoms with Crippen LogP contribution in [0, 0.1) is 11.8 Å². The van der Waals surface area contributed by atoms with Crippen LogP contribution < -0.4 is 10.1 Å². The molecule has 0 aliphatic carbocycles. The van der Waals surface area contributed by atoms with Crippen LogP contribution in [-0.4, -0.2) is 22.8 Å². The van der Waals surface area contributed by atoms with E-state index in [4.69, 9.17) is 33.0 Å². The molecule has 8 heteroatoms. The van der Waals surface area contributed by atoms with Crippen molar-refractivity contribution in [2.75, 3.05) is 12.4 Å². The molecule has 0 saturated carbocycles. The molecule has 0 radical (unpaired) electrons. The van der Waals surface area contributed by atoms with Crippen molar-refractivity contribution < 1.29 is 13.9 Å². The largest absolute Gasteiger partial charge is 0.495 e. The summed E-state index contributed by atoms with van der Waals surface area (Å²) in [5, 5.41) is 7.50. The normalized spacial score (nSPS) is 10.6. The molecule has 26 heavy (non-hydrogen) atoms. The molecule has 0 spiro atoms. The van der Waals surface area contributed by atoms with Crippen LogP contribution >= 0.6 is 23.8 Å². The Morgan fingerprint density at radius 2 is 2.04 bits per heavy atom. The van der Waals surface area contributed by atoms with Gasteiger partial charge >= 0.3 is 0 Å². The smallest absolute Gasteiger partial charge is 0.287 e. The Hall–Kier alpha value is -2.64. The van der Waals surface area contributed by atoms with E-state index in [1.165, 1.54) is 11.8 Å². The van der Waals surface area contributed by atoms with Crippen molar-refractivity contribution in [3.8, 4) is 17.2 Å². The molecule has 6 nitrogen and oxygen atoms in total. The van der Waals surface area contributed by atoms with Crippen LogP contribution in [-0.2, 0) is 11.3 Å². The number of anilines is 1. The Morgan fingerprint density at radius 1 is 1.31 bits per heavy atom. The summed E-state index contributed by atoms with van der Waals surface area (Å²) in [6.45, 7) is 1.90. The number of methoxy groups -OCH3 is 1. The number of carbonyl (C=O) groups excluding carboxylic acids is 1. The fourth-order valence-corrected chi connectivity index (χ4v) is 2.68. The van der Waals surface area contributed by atoms with E-state index in [9.17, 15) is 4.79 Å². The van der Waals surface area contributed by atoms with E-state index in [2.05, 4.69) is 10.4 Å². The van der Waals surface area contributed by atoms with Crippen molar-refractivity contribution in [3.63, 3.8) is 0 Å². The lowest BCUT2D eigenvalue weighted by Crippen LogP contribution is -2.20. The second-order valence-electron chi connectivity index (χ2n) is 5.59. The zero-order chi connectivity index (χ0) is 18.7. The number of amides is 1. The molecule has 3 aromatic rings. The standard InChI is InChI=1S/C18H16ClN3O3S/c1-11-3-5-12(6-4-11)17-21-22(18(26)25-17)10-16(23)20-14-9-13(19)7-8-15(14)24-2/h3-9H,10H2,1-2H3,(H,20,23). The molecule has 134 valence electrons. The number of aromatic nitrogens is 2. The van der Waals surface area contributed by atoms with Crippen LogP contribution in [0.25, 0.3) is 11.5 Å². The zero-order valence-corrected chi connectivity index (χ0v) is 15.7. The first-order chi connectivity index (χ1) is 12.5. The monoisotopic (exact) mass is 389 g/mol. The molecular weight excluding hydrogens is 374 g/mol.